The number of nitriles is 1. The first-order chi connectivity index (χ1) is 19.0. The van der Waals surface area contributed by atoms with Gasteiger partial charge >= 0.3 is 0 Å². The summed E-state index contributed by atoms with van der Waals surface area (Å²) in [5.74, 6) is -2.28. The molecule has 3 aromatic carbocycles. The second-order valence-electron chi connectivity index (χ2n) is 11.7. The van der Waals surface area contributed by atoms with E-state index in [-0.39, 0.29) is 34.2 Å². The smallest absolute Gasteiger partial charge is 0.259 e. The van der Waals surface area contributed by atoms with Crippen molar-refractivity contribution in [2.75, 3.05) is 0 Å². The predicted octanol–water partition coefficient (Wildman–Crippen LogP) is 9.16. The number of halogens is 2. The Balaban J connectivity index is 1.91. The first-order valence-corrected chi connectivity index (χ1v) is 16.3. The molecule has 3 nitrogen and oxygen atoms in total. The normalized spacial score (nSPS) is 13.3. The molecule has 0 N–H and O–H groups in total. The van der Waals surface area contributed by atoms with Crippen molar-refractivity contribution in [3.63, 3.8) is 0 Å². The highest BCUT2D eigenvalue weighted by Gasteiger charge is 2.48. The van der Waals surface area contributed by atoms with E-state index < -0.39 is 20.0 Å². The van der Waals surface area contributed by atoms with E-state index in [0.717, 1.165) is 17.4 Å². The number of aryl methyl sites for hydroxylation is 1. The summed E-state index contributed by atoms with van der Waals surface area (Å²) in [5, 5.41) is 9.05. The summed E-state index contributed by atoms with van der Waals surface area (Å²) in [4.78, 5) is 12.4. The maximum Gasteiger partial charge on any atom is 0.259 e. The molecule has 2 atom stereocenters. The van der Waals surface area contributed by atoms with Crippen LogP contribution in [0.25, 0.3) is 0 Å². The van der Waals surface area contributed by atoms with Gasteiger partial charge in [0.05, 0.1) is 11.6 Å². The Kier molecular flexibility index (Phi) is 10.8. The largest absolute Gasteiger partial charge is 0.539 e. The lowest BCUT2D eigenvalue weighted by Gasteiger charge is -2.42. The van der Waals surface area contributed by atoms with Crippen molar-refractivity contribution in [2.24, 2.45) is 5.92 Å². The monoisotopic (exact) mass is 561 g/mol. The first kappa shape index (κ1) is 31.2. The van der Waals surface area contributed by atoms with Gasteiger partial charge in [0, 0.05) is 5.92 Å². The lowest BCUT2D eigenvalue weighted by Crippen LogP contribution is -2.51. The number of carbonyl (C=O) groups is 1. The van der Waals surface area contributed by atoms with Crippen LogP contribution in [0.4, 0.5) is 8.78 Å². The van der Waals surface area contributed by atoms with Crippen LogP contribution in [0, 0.1) is 28.9 Å². The Bertz CT molecular complexity index is 1250. The highest BCUT2D eigenvalue weighted by molar-refractivity contribution is 6.78. The molecule has 3 rings (SSSR count). The molecule has 40 heavy (non-hydrogen) atoms. The van der Waals surface area contributed by atoms with Crippen LogP contribution in [0.3, 0.4) is 0 Å². The first-order valence-electron chi connectivity index (χ1n) is 14.2. The van der Waals surface area contributed by atoms with Gasteiger partial charge in [0.2, 0.25) is 0 Å². The Morgan fingerprint density at radius 2 is 1.40 bits per heavy atom. The second kappa shape index (κ2) is 13.9. The Morgan fingerprint density at radius 3 is 1.88 bits per heavy atom. The summed E-state index contributed by atoms with van der Waals surface area (Å²) in [7, 11) is -2.55. The average molecular weight is 562 g/mol. The van der Waals surface area contributed by atoms with E-state index in [1.165, 1.54) is 12.1 Å². The van der Waals surface area contributed by atoms with Crippen LogP contribution in [-0.4, -0.2) is 14.6 Å². The van der Waals surface area contributed by atoms with Crippen molar-refractivity contribution in [3.05, 3.63) is 101 Å². The average Bonchev–Trinajstić information content (AvgIpc) is 2.92. The van der Waals surface area contributed by atoms with E-state index >= 15 is 8.78 Å². The van der Waals surface area contributed by atoms with E-state index in [1.54, 1.807) is 12.1 Å². The number of aldehydes is 1. The van der Waals surface area contributed by atoms with Gasteiger partial charge in [0.25, 0.3) is 8.32 Å². The lowest BCUT2D eigenvalue weighted by atomic mass is 9.79. The van der Waals surface area contributed by atoms with Gasteiger partial charge in [-0.1, -0.05) is 84.0 Å². The molecule has 0 fully saturated rings. The van der Waals surface area contributed by atoms with Crippen LogP contribution in [0.5, 0.6) is 5.75 Å². The van der Waals surface area contributed by atoms with Crippen molar-refractivity contribution in [1.29, 1.82) is 5.26 Å². The topological polar surface area (TPSA) is 50.1 Å². The second-order valence-corrected chi connectivity index (χ2v) is 17.1. The van der Waals surface area contributed by atoms with E-state index in [4.69, 9.17) is 9.69 Å². The van der Waals surface area contributed by atoms with Gasteiger partial charge in [-0.3, -0.25) is 0 Å². The SMILES string of the molecule is CC(C)[Si](Oc1c(F)cc(CC(c2ccccc2)C(C=O)CCc2ccc(C#N)cc2)cc1F)(C(C)C)C(C)C. The molecule has 0 saturated carbocycles. The van der Waals surface area contributed by atoms with Crippen molar-refractivity contribution in [2.45, 2.75) is 83.3 Å². The van der Waals surface area contributed by atoms with Gasteiger partial charge in [-0.15, -0.1) is 0 Å². The van der Waals surface area contributed by atoms with Crippen molar-refractivity contribution < 1.29 is 18.0 Å². The minimum Gasteiger partial charge on any atom is -0.539 e. The molecule has 2 unspecified atom stereocenters. The summed E-state index contributed by atoms with van der Waals surface area (Å²) in [6.07, 6.45) is 2.50. The predicted molar refractivity (Wildman–Crippen MR) is 160 cm³/mol. The Labute approximate surface area is 239 Å². The molecule has 0 saturated heterocycles. The van der Waals surface area contributed by atoms with Crippen LogP contribution in [-0.2, 0) is 17.6 Å². The fraction of sp³-hybridized carbons (Fsp3) is 0.412. The molecule has 0 aliphatic rings. The van der Waals surface area contributed by atoms with Gasteiger partial charge < -0.3 is 9.22 Å². The van der Waals surface area contributed by atoms with Crippen LogP contribution < -0.4 is 4.43 Å². The molecule has 0 amide bonds. The van der Waals surface area contributed by atoms with Crippen molar-refractivity contribution >= 4 is 14.6 Å². The zero-order valence-corrected chi connectivity index (χ0v) is 25.5. The molecule has 0 radical (unpaired) electrons. The van der Waals surface area contributed by atoms with E-state index in [2.05, 4.69) is 47.6 Å². The fourth-order valence-electron chi connectivity index (χ4n) is 6.27. The number of hydrogen-bond donors (Lipinski definition) is 0. The van der Waals surface area contributed by atoms with Gasteiger partial charge in [-0.2, -0.15) is 5.26 Å². The molecule has 0 heterocycles. The van der Waals surface area contributed by atoms with E-state index in [0.29, 0.717) is 30.4 Å². The molecule has 0 aliphatic heterocycles. The third kappa shape index (κ3) is 7.06. The summed E-state index contributed by atoms with van der Waals surface area (Å²) in [5.41, 5.74) is 3.60. The highest BCUT2D eigenvalue weighted by Crippen LogP contribution is 2.44. The van der Waals surface area contributed by atoms with Crippen LogP contribution in [0.1, 0.15) is 76.1 Å². The number of nitrogens with zero attached hydrogens (tertiary/aromatic N) is 1. The molecule has 3 aromatic rings. The zero-order valence-electron chi connectivity index (χ0n) is 24.5. The summed E-state index contributed by atoms with van der Waals surface area (Å²) in [6.45, 7) is 12.5. The molecule has 212 valence electrons. The van der Waals surface area contributed by atoms with Crippen LogP contribution >= 0.6 is 0 Å². The van der Waals surface area contributed by atoms with Crippen molar-refractivity contribution in [1.82, 2.24) is 0 Å². The molecule has 0 bridgehead atoms. The number of carbonyl (C=O) groups excluding carboxylic acids is 1. The summed E-state index contributed by atoms with van der Waals surface area (Å²) in [6, 6.07) is 21.8. The van der Waals surface area contributed by atoms with Gasteiger partial charge in [-0.25, -0.2) is 8.78 Å². The maximum atomic E-state index is 15.6. The third-order valence-corrected chi connectivity index (χ3v) is 14.2. The molecule has 0 aromatic heterocycles. The van der Waals surface area contributed by atoms with Gasteiger partial charge in [0.15, 0.2) is 17.4 Å². The van der Waals surface area contributed by atoms with E-state index in [1.807, 2.05) is 42.5 Å². The van der Waals surface area contributed by atoms with E-state index in [9.17, 15) is 4.79 Å². The van der Waals surface area contributed by atoms with Crippen LogP contribution in [0.15, 0.2) is 66.7 Å². The molecular weight excluding hydrogens is 520 g/mol. The molecule has 0 spiro atoms. The van der Waals surface area contributed by atoms with Crippen LogP contribution in [0.2, 0.25) is 16.6 Å². The minimum atomic E-state index is -2.55. The number of hydrogen-bond acceptors (Lipinski definition) is 3. The molecule has 0 aliphatic carbocycles. The van der Waals surface area contributed by atoms with Crippen molar-refractivity contribution in [3.8, 4) is 11.8 Å². The maximum absolute atomic E-state index is 15.6. The summed E-state index contributed by atoms with van der Waals surface area (Å²) < 4.78 is 37.5. The molecule has 6 heteroatoms. The number of benzene rings is 3. The van der Waals surface area contributed by atoms with Gasteiger partial charge in [0.1, 0.15) is 6.29 Å². The Morgan fingerprint density at radius 1 is 0.850 bits per heavy atom. The third-order valence-electron chi connectivity index (χ3n) is 8.27. The quantitative estimate of drug-likeness (QED) is 0.154. The highest BCUT2D eigenvalue weighted by atomic mass is 28.4. The number of rotatable bonds is 13. The zero-order chi connectivity index (χ0) is 29.4. The minimum absolute atomic E-state index is 0.179. The molecular formula is C34H41F2NO2Si. The Hall–Kier alpha value is -3.30. The summed E-state index contributed by atoms with van der Waals surface area (Å²) >= 11 is 0. The standard InChI is InChI=1S/C34H41F2NO2Si/c1-23(2)40(24(3)4,25(5)6)39-34-32(35)19-28(20-33(34)36)18-31(29-10-8-7-9-11-29)30(22-38)17-16-26-12-14-27(21-37)15-13-26/h7-15,19-20,22-25,30-31H,16-18H2,1-6H3. The fourth-order valence-corrected chi connectivity index (χ4v) is 11.5. The lowest BCUT2D eigenvalue weighted by molar-refractivity contribution is -0.111. The van der Waals surface area contributed by atoms with Gasteiger partial charge in [-0.05, 0) is 82.8 Å².